The molecule has 0 aliphatic heterocycles. The van der Waals surface area contributed by atoms with Gasteiger partial charge in [0.1, 0.15) is 5.76 Å². The van der Waals surface area contributed by atoms with Crippen LogP contribution < -0.4 is 10.6 Å². The minimum absolute atomic E-state index is 0. The second kappa shape index (κ2) is 8.80. The summed E-state index contributed by atoms with van der Waals surface area (Å²) in [4.78, 5) is 4.00. The maximum absolute atomic E-state index is 12.6. The molecule has 0 aliphatic rings. The molecule has 1 aromatic heterocycles. The average Bonchev–Trinajstić information content (AvgIpc) is 3.00. The number of halogens is 4. The van der Waals surface area contributed by atoms with Crippen molar-refractivity contribution in [1.29, 1.82) is 0 Å². The van der Waals surface area contributed by atoms with Gasteiger partial charge in [0.2, 0.25) is 0 Å². The van der Waals surface area contributed by atoms with E-state index in [0.29, 0.717) is 18.1 Å². The van der Waals surface area contributed by atoms with E-state index < -0.39 is 11.7 Å². The van der Waals surface area contributed by atoms with Crippen LogP contribution in [0.4, 0.5) is 13.2 Å². The van der Waals surface area contributed by atoms with Crippen molar-refractivity contribution in [2.24, 2.45) is 4.99 Å². The number of rotatable bonds is 4. The highest BCUT2D eigenvalue weighted by molar-refractivity contribution is 14.0. The summed E-state index contributed by atoms with van der Waals surface area (Å²) in [7, 11) is 1.59. The Morgan fingerprint density at radius 2 is 1.87 bits per heavy atom. The fraction of sp³-hybridized carbons (Fsp3) is 0.267. The highest BCUT2D eigenvalue weighted by Gasteiger charge is 2.30. The van der Waals surface area contributed by atoms with E-state index in [9.17, 15) is 13.2 Å². The molecule has 1 heterocycles. The fourth-order valence-corrected chi connectivity index (χ4v) is 1.85. The molecule has 2 rings (SSSR count). The van der Waals surface area contributed by atoms with Crippen molar-refractivity contribution in [3.63, 3.8) is 0 Å². The lowest BCUT2D eigenvalue weighted by Crippen LogP contribution is -2.36. The van der Waals surface area contributed by atoms with Crippen LogP contribution in [0.25, 0.3) is 0 Å². The van der Waals surface area contributed by atoms with E-state index in [-0.39, 0.29) is 30.5 Å². The summed E-state index contributed by atoms with van der Waals surface area (Å²) in [5, 5.41) is 5.97. The number of furan rings is 1. The first kappa shape index (κ1) is 19.3. The summed E-state index contributed by atoms with van der Waals surface area (Å²) in [5.41, 5.74) is -0.138. The zero-order valence-electron chi connectivity index (χ0n) is 12.4. The number of nitrogens with one attached hydrogen (secondary N) is 2. The molecule has 0 radical (unpaired) electrons. The van der Waals surface area contributed by atoms with E-state index in [1.54, 1.807) is 25.4 Å². The van der Waals surface area contributed by atoms with E-state index >= 15 is 0 Å². The number of hydrogen-bond acceptors (Lipinski definition) is 2. The average molecular weight is 439 g/mol. The lowest BCUT2D eigenvalue weighted by atomic mass is 10.1. The molecular weight excluding hydrogens is 422 g/mol. The maximum atomic E-state index is 12.6. The van der Waals surface area contributed by atoms with Crippen molar-refractivity contribution in [3.05, 3.63) is 59.5 Å². The van der Waals surface area contributed by atoms with Gasteiger partial charge in [0, 0.05) is 13.6 Å². The van der Waals surface area contributed by atoms with Crippen LogP contribution in [0.3, 0.4) is 0 Å². The highest BCUT2D eigenvalue weighted by atomic mass is 127. The third-order valence-electron chi connectivity index (χ3n) is 2.95. The zero-order chi connectivity index (χ0) is 16.0. The number of alkyl halides is 3. The van der Waals surface area contributed by atoms with Gasteiger partial charge in [-0.05, 0) is 29.8 Å². The first-order valence-electron chi connectivity index (χ1n) is 6.62. The van der Waals surface area contributed by atoms with E-state index in [0.717, 1.165) is 17.9 Å². The van der Waals surface area contributed by atoms with E-state index in [1.807, 2.05) is 6.07 Å². The van der Waals surface area contributed by atoms with Crippen molar-refractivity contribution in [2.45, 2.75) is 19.3 Å². The Bertz CT molecular complexity index is 627. The predicted molar refractivity (Wildman–Crippen MR) is 92.6 cm³/mol. The molecule has 0 amide bonds. The molecule has 0 fully saturated rings. The first-order chi connectivity index (χ1) is 10.5. The largest absolute Gasteiger partial charge is 0.467 e. The second-order valence-corrected chi connectivity index (χ2v) is 4.56. The molecule has 0 aliphatic carbocycles. The zero-order valence-corrected chi connectivity index (χ0v) is 14.7. The number of benzene rings is 1. The molecule has 2 aromatic rings. The summed E-state index contributed by atoms with van der Waals surface area (Å²) in [5.74, 6) is 1.22. The first-order valence-corrected chi connectivity index (χ1v) is 6.62. The van der Waals surface area contributed by atoms with Crippen LogP contribution >= 0.6 is 24.0 Å². The standard InChI is InChI=1S/C15H16F3N3O.HI/c1-19-14(21-10-13-6-3-7-22-13)20-9-11-4-2-5-12(8-11)15(16,17)18;/h2-8H,9-10H2,1H3,(H2,19,20,21);1H. The molecule has 23 heavy (non-hydrogen) atoms. The van der Waals surface area contributed by atoms with E-state index in [1.165, 1.54) is 6.07 Å². The van der Waals surface area contributed by atoms with Crippen molar-refractivity contribution in [1.82, 2.24) is 10.6 Å². The van der Waals surface area contributed by atoms with Gasteiger partial charge in [-0.3, -0.25) is 4.99 Å². The van der Waals surface area contributed by atoms with Crippen LogP contribution in [-0.4, -0.2) is 13.0 Å². The third-order valence-corrected chi connectivity index (χ3v) is 2.95. The molecule has 126 valence electrons. The third kappa shape index (κ3) is 6.12. The van der Waals surface area contributed by atoms with Gasteiger partial charge in [-0.15, -0.1) is 24.0 Å². The summed E-state index contributed by atoms with van der Waals surface area (Å²) in [6.45, 7) is 0.678. The SMILES string of the molecule is CN=C(NCc1cccc(C(F)(F)F)c1)NCc1ccco1.I. The van der Waals surface area contributed by atoms with Crippen LogP contribution in [0, 0.1) is 0 Å². The maximum Gasteiger partial charge on any atom is 0.416 e. The van der Waals surface area contributed by atoms with Gasteiger partial charge in [0.05, 0.1) is 18.4 Å². The Kier molecular flexibility index (Phi) is 7.40. The molecule has 0 bridgehead atoms. The Morgan fingerprint density at radius 1 is 1.13 bits per heavy atom. The molecule has 2 N–H and O–H groups in total. The summed E-state index contributed by atoms with van der Waals surface area (Å²) < 4.78 is 43.1. The monoisotopic (exact) mass is 439 g/mol. The van der Waals surface area contributed by atoms with Crippen molar-refractivity contribution >= 4 is 29.9 Å². The summed E-state index contributed by atoms with van der Waals surface area (Å²) >= 11 is 0. The van der Waals surface area contributed by atoms with Crippen molar-refractivity contribution < 1.29 is 17.6 Å². The molecule has 0 atom stereocenters. The van der Waals surface area contributed by atoms with Gasteiger partial charge in [0.15, 0.2) is 5.96 Å². The number of guanidine groups is 1. The number of nitrogens with zero attached hydrogens (tertiary/aromatic N) is 1. The summed E-state index contributed by atoms with van der Waals surface area (Å²) in [6.07, 6.45) is -2.77. The van der Waals surface area contributed by atoms with E-state index in [2.05, 4.69) is 15.6 Å². The van der Waals surface area contributed by atoms with Gasteiger partial charge < -0.3 is 15.1 Å². The Labute approximate surface area is 149 Å². The number of hydrogen-bond donors (Lipinski definition) is 2. The van der Waals surface area contributed by atoms with Gasteiger partial charge >= 0.3 is 6.18 Å². The fourth-order valence-electron chi connectivity index (χ4n) is 1.85. The lowest BCUT2D eigenvalue weighted by molar-refractivity contribution is -0.137. The topological polar surface area (TPSA) is 49.6 Å². The van der Waals surface area contributed by atoms with Gasteiger partial charge in [-0.25, -0.2) is 0 Å². The minimum Gasteiger partial charge on any atom is -0.467 e. The van der Waals surface area contributed by atoms with Crippen LogP contribution in [0.15, 0.2) is 52.1 Å². The Balaban J connectivity index is 0.00000264. The van der Waals surface area contributed by atoms with Crippen molar-refractivity contribution in [3.8, 4) is 0 Å². The Morgan fingerprint density at radius 3 is 2.48 bits per heavy atom. The second-order valence-electron chi connectivity index (χ2n) is 4.56. The minimum atomic E-state index is -4.34. The molecule has 1 aromatic carbocycles. The normalized spacial score (nSPS) is 11.7. The van der Waals surface area contributed by atoms with Crippen LogP contribution in [0.5, 0.6) is 0 Å². The molecule has 4 nitrogen and oxygen atoms in total. The molecule has 8 heteroatoms. The molecule has 0 saturated heterocycles. The van der Waals surface area contributed by atoms with Crippen LogP contribution in [-0.2, 0) is 19.3 Å². The highest BCUT2D eigenvalue weighted by Crippen LogP contribution is 2.29. The van der Waals surface area contributed by atoms with Gasteiger partial charge in [0.25, 0.3) is 0 Å². The summed E-state index contributed by atoms with van der Waals surface area (Å²) in [6, 6.07) is 8.77. The quantitative estimate of drug-likeness (QED) is 0.433. The molecule has 0 spiro atoms. The van der Waals surface area contributed by atoms with Gasteiger partial charge in [-0.1, -0.05) is 12.1 Å². The molecular formula is C15H17F3IN3O. The predicted octanol–water partition coefficient (Wildman–Crippen LogP) is 3.78. The Hall–Kier alpha value is -1.71. The van der Waals surface area contributed by atoms with Crippen LogP contribution in [0.2, 0.25) is 0 Å². The smallest absolute Gasteiger partial charge is 0.416 e. The number of aliphatic imine (C=N–C) groups is 1. The van der Waals surface area contributed by atoms with Gasteiger partial charge in [-0.2, -0.15) is 13.2 Å². The van der Waals surface area contributed by atoms with E-state index in [4.69, 9.17) is 4.42 Å². The van der Waals surface area contributed by atoms with Crippen molar-refractivity contribution in [2.75, 3.05) is 7.05 Å². The molecule has 0 unspecified atom stereocenters. The molecule has 0 saturated carbocycles. The van der Waals surface area contributed by atoms with Crippen LogP contribution in [0.1, 0.15) is 16.9 Å². The lowest BCUT2D eigenvalue weighted by Gasteiger charge is -2.12.